The summed E-state index contributed by atoms with van der Waals surface area (Å²) >= 11 is 0. The molecule has 0 saturated carbocycles. The lowest BCUT2D eigenvalue weighted by molar-refractivity contribution is 0.215. The first-order valence-electron chi connectivity index (χ1n) is 5.18. The second-order valence-electron chi connectivity index (χ2n) is 3.73. The molecule has 0 unspecified atom stereocenters. The minimum atomic E-state index is 0.221. The van der Waals surface area contributed by atoms with Gasteiger partial charge in [-0.1, -0.05) is 0 Å². The van der Waals surface area contributed by atoms with E-state index < -0.39 is 0 Å². The van der Waals surface area contributed by atoms with Crippen LogP contribution in [0.15, 0.2) is 4.99 Å². The van der Waals surface area contributed by atoms with Crippen LogP contribution in [0.1, 0.15) is 12.8 Å². The molecule has 0 aromatic carbocycles. The van der Waals surface area contributed by atoms with Crippen LogP contribution in [-0.4, -0.2) is 50.1 Å². The number of hydrogen-bond donors (Lipinski definition) is 3. The van der Waals surface area contributed by atoms with Gasteiger partial charge in [-0.3, -0.25) is 4.99 Å². The fourth-order valence-corrected chi connectivity index (χ4v) is 1.75. The van der Waals surface area contributed by atoms with E-state index in [2.05, 4.69) is 15.2 Å². The topological polar surface area (TPSA) is 79.7 Å². The molecule has 14 heavy (non-hydrogen) atoms. The van der Waals surface area contributed by atoms with Crippen molar-refractivity contribution in [1.82, 2.24) is 10.2 Å². The normalized spacial score (nSPS) is 19.5. The standard InChI is InChI=1S/C9H21N5/c1-12-4-7-14-5-2-8(3-6-14)13-9(10)11/h8,12H,2-7H2,1H3,(H4,10,11,13). The van der Waals surface area contributed by atoms with Crippen molar-refractivity contribution in [2.45, 2.75) is 18.9 Å². The highest BCUT2D eigenvalue weighted by Gasteiger charge is 2.17. The van der Waals surface area contributed by atoms with Gasteiger partial charge in [0.15, 0.2) is 5.96 Å². The maximum absolute atomic E-state index is 5.34. The number of hydrogen-bond acceptors (Lipinski definition) is 3. The lowest BCUT2D eigenvalue weighted by Gasteiger charge is -2.29. The van der Waals surface area contributed by atoms with Gasteiger partial charge in [0.05, 0.1) is 6.04 Å². The number of nitrogens with two attached hydrogens (primary N) is 2. The number of rotatable bonds is 4. The van der Waals surface area contributed by atoms with Crippen LogP contribution < -0.4 is 16.8 Å². The van der Waals surface area contributed by atoms with Crippen LogP contribution in [0.3, 0.4) is 0 Å². The van der Waals surface area contributed by atoms with Crippen LogP contribution in [0.5, 0.6) is 0 Å². The minimum Gasteiger partial charge on any atom is -0.370 e. The molecule has 0 spiro atoms. The van der Waals surface area contributed by atoms with E-state index >= 15 is 0 Å². The first kappa shape index (κ1) is 11.3. The number of aliphatic imine (C=N–C) groups is 1. The van der Waals surface area contributed by atoms with Gasteiger partial charge in [0.25, 0.3) is 0 Å². The lowest BCUT2D eigenvalue weighted by atomic mass is 10.1. The molecule has 0 aromatic heterocycles. The van der Waals surface area contributed by atoms with E-state index in [-0.39, 0.29) is 5.96 Å². The fourth-order valence-electron chi connectivity index (χ4n) is 1.75. The van der Waals surface area contributed by atoms with Gasteiger partial charge in [-0.15, -0.1) is 0 Å². The van der Waals surface area contributed by atoms with Crippen molar-refractivity contribution in [2.24, 2.45) is 16.5 Å². The smallest absolute Gasteiger partial charge is 0.186 e. The van der Waals surface area contributed by atoms with Gasteiger partial charge in [0.1, 0.15) is 0 Å². The average Bonchev–Trinajstić information content (AvgIpc) is 2.16. The molecule has 5 N–H and O–H groups in total. The first-order chi connectivity index (χ1) is 6.72. The Hall–Kier alpha value is -0.810. The monoisotopic (exact) mass is 199 g/mol. The van der Waals surface area contributed by atoms with Crippen LogP contribution in [-0.2, 0) is 0 Å². The molecule has 1 fully saturated rings. The summed E-state index contributed by atoms with van der Waals surface area (Å²) in [7, 11) is 1.98. The Bertz CT molecular complexity index is 180. The van der Waals surface area contributed by atoms with Gasteiger partial charge in [-0.05, 0) is 19.9 Å². The molecule has 0 aliphatic carbocycles. The molecule has 1 aliphatic rings. The molecule has 0 amide bonds. The molecule has 0 atom stereocenters. The summed E-state index contributed by atoms with van der Waals surface area (Å²) in [4.78, 5) is 6.62. The van der Waals surface area contributed by atoms with Crippen LogP contribution in [0.25, 0.3) is 0 Å². The summed E-state index contributed by atoms with van der Waals surface area (Å²) in [6, 6.07) is 0.339. The average molecular weight is 199 g/mol. The van der Waals surface area contributed by atoms with Gasteiger partial charge in [0.2, 0.25) is 0 Å². The Balaban J connectivity index is 2.21. The third-order valence-corrected chi connectivity index (χ3v) is 2.57. The molecular weight excluding hydrogens is 178 g/mol. The van der Waals surface area contributed by atoms with Crippen LogP contribution >= 0.6 is 0 Å². The predicted molar refractivity (Wildman–Crippen MR) is 59.2 cm³/mol. The van der Waals surface area contributed by atoms with Crippen molar-refractivity contribution >= 4 is 5.96 Å². The van der Waals surface area contributed by atoms with Crippen molar-refractivity contribution < 1.29 is 0 Å². The molecule has 1 saturated heterocycles. The summed E-state index contributed by atoms with van der Waals surface area (Å²) < 4.78 is 0. The van der Waals surface area contributed by atoms with E-state index in [1.54, 1.807) is 0 Å². The Morgan fingerprint density at radius 2 is 2.07 bits per heavy atom. The molecule has 0 bridgehead atoms. The number of nitrogens with one attached hydrogen (secondary N) is 1. The number of nitrogens with zero attached hydrogens (tertiary/aromatic N) is 2. The molecule has 0 radical (unpaired) electrons. The maximum Gasteiger partial charge on any atom is 0.186 e. The maximum atomic E-state index is 5.34. The fraction of sp³-hybridized carbons (Fsp3) is 0.889. The zero-order valence-corrected chi connectivity index (χ0v) is 8.87. The Morgan fingerprint density at radius 1 is 1.43 bits per heavy atom. The summed E-state index contributed by atoms with van der Waals surface area (Å²) in [5.41, 5.74) is 10.7. The van der Waals surface area contributed by atoms with Gasteiger partial charge >= 0.3 is 0 Å². The van der Waals surface area contributed by atoms with Gasteiger partial charge in [-0.25, -0.2) is 0 Å². The van der Waals surface area contributed by atoms with Crippen molar-refractivity contribution in [3.63, 3.8) is 0 Å². The van der Waals surface area contributed by atoms with Crippen LogP contribution in [0.2, 0.25) is 0 Å². The van der Waals surface area contributed by atoms with Gasteiger partial charge in [-0.2, -0.15) is 0 Å². The molecule has 1 aliphatic heterocycles. The van der Waals surface area contributed by atoms with Crippen LogP contribution in [0.4, 0.5) is 0 Å². The van der Waals surface area contributed by atoms with E-state index in [1.165, 1.54) is 0 Å². The molecule has 5 nitrogen and oxygen atoms in total. The third kappa shape index (κ3) is 3.93. The van der Waals surface area contributed by atoms with Crippen molar-refractivity contribution in [3.8, 4) is 0 Å². The van der Waals surface area contributed by atoms with Crippen molar-refractivity contribution in [3.05, 3.63) is 0 Å². The largest absolute Gasteiger partial charge is 0.370 e. The zero-order chi connectivity index (χ0) is 10.4. The molecule has 82 valence electrons. The van der Waals surface area contributed by atoms with Gasteiger partial charge in [0, 0.05) is 26.2 Å². The highest BCUT2D eigenvalue weighted by Crippen LogP contribution is 2.12. The number of likely N-dealkylation sites (tertiary alicyclic amines) is 1. The quantitative estimate of drug-likeness (QED) is 0.398. The Morgan fingerprint density at radius 3 is 2.57 bits per heavy atom. The van der Waals surface area contributed by atoms with Crippen LogP contribution in [0, 0.1) is 0 Å². The first-order valence-corrected chi connectivity index (χ1v) is 5.18. The minimum absolute atomic E-state index is 0.221. The van der Waals surface area contributed by atoms with E-state index in [0.717, 1.165) is 39.0 Å². The van der Waals surface area contributed by atoms with Crippen molar-refractivity contribution in [1.29, 1.82) is 0 Å². The second kappa shape index (κ2) is 5.82. The lowest BCUT2D eigenvalue weighted by Crippen LogP contribution is -2.39. The predicted octanol–water partition coefficient (Wildman–Crippen LogP) is -1.06. The highest BCUT2D eigenvalue weighted by molar-refractivity contribution is 5.75. The van der Waals surface area contributed by atoms with Gasteiger partial charge < -0.3 is 21.7 Å². The Kier molecular flexibility index (Phi) is 4.69. The number of guanidine groups is 1. The zero-order valence-electron chi connectivity index (χ0n) is 8.87. The molecule has 1 heterocycles. The SMILES string of the molecule is CNCCN1CCC(N=C(N)N)CC1. The molecule has 0 aromatic rings. The summed E-state index contributed by atoms with van der Waals surface area (Å²) in [6.07, 6.45) is 2.14. The third-order valence-electron chi connectivity index (χ3n) is 2.57. The van der Waals surface area contributed by atoms with E-state index in [9.17, 15) is 0 Å². The second-order valence-corrected chi connectivity index (χ2v) is 3.73. The molecule has 5 heteroatoms. The Labute approximate surface area is 85.5 Å². The summed E-state index contributed by atoms with van der Waals surface area (Å²) in [5, 5.41) is 3.15. The van der Waals surface area contributed by atoms with E-state index in [0.29, 0.717) is 6.04 Å². The van der Waals surface area contributed by atoms with E-state index in [1.807, 2.05) is 7.05 Å². The highest BCUT2D eigenvalue weighted by atomic mass is 15.2. The molecule has 1 rings (SSSR count). The summed E-state index contributed by atoms with van der Waals surface area (Å²) in [6.45, 7) is 4.37. The summed E-state index contributed by atoms with van der Waals surface area (Å²) in [5.74, 6) is 0.221. The molecular formula is C9H21N5. The van der Waals surface area contributed by atoms with E-state index in [4.69, 9.17) is 11.5 Å². The number of likely N-dealkylation sites (N-methyl/N-ethyl adjacent to an activating group) is 1. The number of piperidine rings is 1. The van der Waals surface area contributed by atoms with Crippen molar-refractivity contribution in [2.75, 3.05) is 33.2 Å².